The maximum absolute atomic E-state index is 13.0. The molecule has 0 bridgehead atoms. The number of ether oxygens (including phenoxy) is 1. The molecule has 2 N–H and O–H groups in total. The number of thiophene rings is 1. The van der Waals surface area contributed by atoms with Crippen LogP contribution >= 0.6 is 11.3 Å². The molecule has 0 aliphatic rings. The smallest absolute Gasteiger partial charge is 0.191 e. The Hall–Kier alpha value is -2.15. The maximum atomic E-state index is 13.0. The SMILES string of the molecule is CN=C(NCCOc1ccc(F)c(F)c1)NCCc1cccs1. The third-order valence-electron chi connectivity index (χ3n) is 3.02. The van der Waals surface area contributed by atoms with Crippen LogP contribution in [0.2, 0.25) is 0 Å². The van der Waals surface area contributed by atoms with Crippen molar-refractivity contribution in [1.29, 1.82) is 0 Å². The van der Waals surface area contributed by atoms with E-state index in [9.17, 15) is 8.78 Å². The fourth-order valence-corrected chi connectivity index (χ4v) is 2.59. The molecular weight excluding hydrogens is 320 g/mol. The Morgan fingerprint density at radius 2 is 2.00 bits per heavy atom. The Balaban J connectivity index is 1.64. The van der Waals surface area contributed by atoms with Crippen LogP contribution < -0.4 is 15.4 Å². The van der Waals surface area contributed by atoms with E-state index in [1.807, 2.05) is 6.07 Å². The van der Waals surface area contributed by atoms with Gasteiger partial charge in [0.2, 0.25) is 0 Å². The van der Waals surface area contributed by atoms with Crippen molar-refractivity contribution in [2.75, 3.05) is 26.7 Å². The van der Waals surface area contributed by atoms with Gasteiger partial charge in [-0.2, -0.15) is 0 Å². The summed E-state index contributed by atoms with van der Waals surface area (Å²) in [6.07, 6.45) is 0.934. The summed E-state index contributed by atoms with van der Waals surface area (Å²) in [7, 11) is 1.69. The zero-order chi connectivity index (χ0) is 16.5. The molecule has 1 heterocycles. The second-order valence-electron chi connectivity index (χ2n) is 4.68. The zero-order valence-electron chi connectivity index (χ0n) is 12.8. The molecule has 0 aliphatic heterocycles. The monoisotopic (exact) mass is 339 g/mol. The summed E-state index contributed by atoms with van der Waals surface area (Å²) in [5.41, 5.74) is 0. The number of halogens is 2. The fourth-order valence-electron chi connectivity index (χ4n) is 1.88. The van der Waals surface area contributed by atoms with E-state index in [4.69, 9.17) is 4.74 Å². The van der Waals surface area contributed by atoms with Gasteiger partial charge in [-0.3, -0.25) is 4.99 Å². The summed E-state index contributed by atoms with van der Waals surface area (Å²) in [5.74, 6) is -0.825. The van der Waals surface area contributed by atoms with Gasteiger partial charge in [0.25, 0.3) is 0 Å². The Labute approximate surface area is 138 Å². The largest absolute Gasteiger partial charge is 0.492 e. The average Bonchev–Trinajstić information content (AvgIpc) is 3.06. The molecule has 1 aromatic carbocycles. The van der Waals surface area contributed by atoms with Crippen LogP contribution in [0.15, 0.2) is 40.7 Å². The van der Waals surface area contributed by atoms with Crippen LogP contribution in [0.1, 0.15) is 4.88 Å². The van der Waals surface area contributed by atoms with Crippen molar-refractivity contribution in [3.63, 3.8) is 0 Å². The van der Waals surface area contributed by atoms with Gasteiger partial charge in [-0.1, -0.05) is 6.07 Å². The lowest BCUT2D eigenvalue weighted by molar-refractivity contribution is 0.318. The van der Waals surface area contributed by atoms with E-state index in [0.717, 1.165) is 25.1 Å². The average molecular weight is 339 g/mol. The maximum Gasteiger partial charge on any atom is 0.191 e. The van der Waals surface area contributed by atoms with Crippen LogP contribution in [0.5, 0.6) is 5.75 Å². The van der Waals surface area contributed by atoms with Crippen LogP contribution in [0.3, 0.4) is 0 Å². The summed E-state index contributed by atoms with van der Waals surface area (Å²) in [6, 6.07) is 7.60. The topological polar surface area (TPSA) is 45.7 Å². The second kappa shape index (κ2) is 9.09. The number of nitrogens with zero attached hydrogens (tertiary/aromatic N) is 1. The van der Waals surface area contributed by atoms with Gasteiger partial charge in [0, 0.05) is 24.5 Å². The standard InChI is InChI=1S/C16H19F2N3OS/c1-19-16(20-7-6-13-3-2-10-23-13)21-8-9-22-12-4-5-14(17)15(18)11-12/h2-5,10-11H,6-9H2,1H3,(H2,19,20,21). The molecule has 23 heavy (non-hydrogen) atoms. The number of aliphatic imine (C=N–C) groups is 1. The molecule has 0 aliphatic carbocycles. The van der Waals surface area contributed by atoms with Gasteiger partial charge in [0.05, 0.1) is 6.54 Å². The highest BCUT2D eigenvalue weighted by atomic mass is 32.1. The van der Waals surface area contributed by atoms with Crippen LogP contribution in [0, 0.1) is 11.6 Å². The molecule has 0 saturated heterocycles. The van der Waals surface area contributed by atoms with Crippen molar-refractivity contribution in [1.82, 2.24) is 10.6 Å². The predicted octanol–water partition coefficient (Wildman–Crippen LogP) is 2.81. The van der Waals surface area contributed by atoms with Gasteiger partial charge in [-0.15, -0.1) is 11.3 Å². The Morgan fingerprint density at radius 1 is 1.17 bits per heavy atom. The molecule has 0 spiro atoms. The van der Waals surface area contributed by atoms with Gasteiger partial charge in [0.1, 0.15) is 12.4 Å². The third kappa shape index (κ3) is 5.86. The number of hydrogen-bond donors (Lipinski definition) is 2. The molecule has 2 rings (SSSR count). The highest BCUT2D eigenvalue weighted by Crippen LogP contribution is 2.14. The van der Waals surface area contributed by atoms with Crippen LogP contribution in [0.4, 0.5) is 8.78 Å². The van der Waals surface area contributed by atoms with Crippen molar-refractivity contribution >= 4 is 17.3 Å². The Morgan fingerprint density at radius 3 is 2.70 bits per heavy atom. The van der Waals surface area contributed by atoms with E-state index in [-0.39, 0.29) is 0 Å². The highest BCUT2D eigenvalue weighted by Gasteiger charge is 2.03. The first kappa shape index (κ1) is 17.2. The molecule has 4 nitrogen and oxygen atoms in total. The molecule has 0 unspecified atom stereocenters. The molecule has 0 saturated carbocycles. The molecule has 124 valence electrons. The molecule has 2 aromatic rings. The number of nitrogens with one attached hydrogen (secondary N) is 2. The fraction of sp³-hybridized carbons (Fsp3) is 0.312. The molecule has 0 fully saturated rings. The minimum atomic E-state index is -0.915. The lowest BCUT2D eigenvalue weighted by atomic mass is 10.3. The summed E-state index contributed by atoms with van der Waals surface area (Å²) < 4.78 is 31.2. The molecule has 0 amide bonds. The first-order valence-corrected chi connectivity index (χ1v) is 8.12. The third-order valence-corrected chi connectivity index (χ3v) is 3.96. The van der Waals surface area contributed by atoms with Crippen LogP contribution in [0.25, 0.3) is 0 Å². The predicted molar refractivity (Wildman–Crippen MR) is 89.2 cm³/mol. The van der Waals surface area contributed by atoms with Gasteiger partial charge in [-0.25, -0.2) is 8.78 Å². The summed E-state index contributed by atoms with van der Waals surface area (Å²) >= 11 is 1.73. The summed E-state index contributed by atoms with van der Waals surface area (Å²) in [4.78, 5) is 5.42. The quantitative estimate of drug-likeness (QED) is 0.463. The minimum absolute atomic E-state index is 0.298. The van der Waals surface area contributed by atoms with Crippen molar-refractivity contribution in [3.05, 3.63) is 52.2 Å². The molecular formula is C16H19F2N3OS. The molecule has 1 aromatic heterocycles. The van der Waals surface area contributed by atoms with E-state index in [1.54, 1.807) is 18.4 Å². The van der Waals surface area contributed by atoms with Crippen molar-refractivity contribution in [3.8, 4) is 5.75 Å². The van der Waals surface area contributed by atoms with Gasteiger partial charge < -0.3 is 15.4 Å². The van der Waals surface area contributed by atoms with E-state index < -0.39 is 11.6 Å². The van der Waals surface area contributed by atoms with E-state index in [2.05, 4.69) is 27.1 Å². The Bertz CT molecular complexity index is 632. The normalized spacial score (nSPS) is 11.3. The van der Waals surface area contributed by atoms with Gasteiger partial charge in [0.15, 0.2) is 17.6 Å². The summed E-state index contributed by atoms with van der Waals surface area (Å²) in [5, 5.41) is 8.35. The summed E-state index contributed by atoms with van der Waals surface area (Å²) in [6.45, 7) is 1.60. The van der Waals surface area contributed by atoms with E-state index in [0.29, 0.717) is 24.9 Å². The second-order valence-corrected chi connectivity index (χ2v) is 5.71. The minimum Gasteiger partial charge on any atom is -0.492 e. The van der Waals surface area contributed by atoms with Crippen molar-refractivity contribution in [2.45, 2.75) is 6.42 Å². The molecule has 0 radical (unpaired) electrons. The Kier molecular flexibility index (Phi) is 6.80. The number of guanidine groups is 1. The first-order valence-electron chi connectivity index (χ1n) is 7.24. The first-order chi connectivity index (χ1) is 11.2. The van der Waals surface area contributed by atoms with E-state index in [1.165, 1.54) is 10.9 Å². The van der Waals surface area contributed by atoms with Crippen LogP contribution in [-0.2, 0) is 6.42 Å². The zero-order valence-corrected chi connectivity index (χ0v) is 13.6. The number of rotatable bonds is 7. The lowest BCUT2D eigenvalue weighted by Crippen LogP contribution is -2.40. The number of hydrogen-bond acceptors (Lipinski definition) is 3. The number of benzene rings is 1. The lowest BCUT2D eigenvalue weighted by Gasteiger charge is -2.12. The molecule has 0 atom stereocenters. The van der Waals surface area contributed by atoms with Crippen molar-refractivity contribution in [2.24, 2.45) is 4.99 Å². The van der Waals surface area contributed by atoms with Gasteiger partial charge in [-0.05, 0) is 30.0 Å². The van der Waals surface area contributed by atoms with Gasteiger partial charge >= 0.3 is 0 Å². The highest BCUT2D eigenvalue weighted by molar-refractivity contribution is 7.09. The molecule has 7 heteroatoms. The van der Waals surface area contributed by atoms with Crippen molar-refractivity contribution < 1.29 is 13.5 Å². The van der Waals surface area contributed by atoms with E-state index >= 15 is 0 Å². The van der Waals surface area contributed by atoms with Crippen LogP contribution in [-0.4, -0.2) is 32.7 Å².